The van der Waals surface area contributed by atoms with Crippen molar-refractivity contribution in [2.45, 2.75) is 12.3 Å². The third-order valence-electron chi connectivity index (χ3n) is 3.86. The first-order valence-electron chi connectivity index (χ1n) is 6.55. The Kier molecular flexibility index (Phi) is 4.15. The highest BCUT2D eigenvalue weighted by atomic mass is 32.2. The van der Waals surface area contributed by atoms with Gasteiger partial charge in [-0.2, -0.15) is 0 Å². The molecule has 1 aromatic carbocycles. The monoisotopic (exact) mass is 297 g/mol. The zero-order chi connectivity index (χ0) is 14.8. The predicted octanol–water partition coefficient (Wildman–Crippen LogP) is 0.759. The second kappa shape index (κ2) is 5.54. The molecule has 6 heteroatoms. The lowest BCUT2D eigenvalue weighted by atomic mass is 9.82. The molecule has 0 aromatic heterocycles. The highest BCUT2D eigenvalue weighted by Gasteiger charge is 2.38. The van der Waals surface area contributed by atoms with Crippen molar-refractivity contribution >= 4 is 15.8 Å². The van der Waals surface area contributed by atoms with Gasteiger partial charge in [0.25, 0.3) is 0 Å². The van der Waals surface area contributed by atoms with Gasteiger partial charge in [-0.05, 0) is 12.5 Å². The first-order valence-corrected chi connectivity index (χ1v) is 8.37. The quantitative estimate of drug-likeness (QED) is 0.888. The number of benzene rings is 1. The van der Waals surface area contributed by atoms with Crippen LogP contribution in [-0.2, 0) is 20.0 Å². The van der Waals surface area contributed by atoms with E-state index in [9.17, 15) is 18.3 Å². The second-order valence-electron chi connectivity index (χ2n) is 5.43. The van der Waals surface area contributed by atoms with Crippen LogP contribution in [0.2, 0.25) is 0 Å². The molecule has 5 nitrogen and oxygen atoms in total. The normalized spacial score (nSPS) is 22.1. The van der Waals surface area contributed by atoms with Crippen molar-refractivity contribution in [1.29, 1.82) is 0 Å². The van der Waals surface area contributed by atoms with Crippen molar-refractivity contribution in [2.75, 3.05) is 31.1 Å². The maximum Gasteiger partial charge on any atom is 0.315 e. The molecule has 1 aliphatic heterocycles. The molecule has 1 heterocycles. The van der Waals surface area contributed by atoms with Gasteiger partial charge in [-0.25, -0.2) is 8.42 Å². The molecule has 1 saturated heterocycles. The molecular weight excluding hydrogens is 278 g/mol. The molecule has 0 spiro atoms. The molecule has 20 heavy (non-hydrogen) atoms. The van der Waals surface area contributed by atoms with E-state index < -0.39 is 21.2 Å². The maximum absolute atomic E-state index is 11.7. The smallest absolute Gasteiger partial charge is 0.315 e. The predicted molar refractivity (Wildman–Crippen MR) is 76.5 cm³/mol. The van der Waals surface area contributed by atoms with E-state index in [1.165, 1.54) is 0 Å². The van der Waals surface area contributed by atoms with E-state index in [1.54, 1.807) is 19.1 Å². The summed E-state index contributed by atoms with van der Waals surface area (Å²) in [6.07, 6.45) is 0. The Labute approximate surface area is 119 Å². The van der Waals surface area contributed by atoms with Crippen LogP contribution in [-0.4, -0.2) is 55.5 Å². The number of carboxylic acids is 1. The molecule has 0 bridgehead atoms. The van der Waals surface area contributed by atoms with Gasteiger partial charge in [0.15, 0.2) is 9.84 Å². The van der Waals surface area contributed by atoms with Crippen molar-refractivity contribution < 1.29 is 18.3 Å². The fraction of sp³-hybridized carbons (Fsp3) is 0.500. The van der Waals surface area contributed by atoms with Crippen molar-refractivity contribution in [3.8, 4) is 0 Å². The number of sulfone groups is 1. The number of hydrogen-bond acceptors (Lipinski definition) is 4. The molecule has 1 N–H and O–H groups in total. The summed E-state index contributed by atoms with van der Waals surface area (Å²) in [6, 6.07) is 9.08. The molecule has 1 aliphatic rings. The van der Waals surface area contributed by atoms with E-state index in [2.05, 4.69) is 0 Å². The van der Waals surface area contributed by atoms with Crippen molar-refractivity contribution in [2.24, 2.45) is 0 Å². The van der Waals surface area contributed by atoms with Crippen LogP contribution in [0.4, 0.5) is 0 Å². The molecule has 110 valence electrons. The Bertz CT molecular complexity index is 570. The molecule has 1 fully saturated rings. The summed E-state index contributed by atoms with van der Waals surface area (Å²) in [4.78, 5) is 13.6. The summed E-state index contributed by atoms with van der Waals surface area (Å²) in [5.74, 6) is -0.674. The Hall–Kier alpha value is -1.40. The third kappa shape index (κ3) is 3.19. The minimum absolute atomic E-state index is 0.109. The number of carboxylic acid groups (broad SMARTS) is 1. The fourth-order valence-corrected chi connectivity index (χ4v) is 3.72. The zero-order valence-corrected chi connectivity index (χ0v) is 12.3. The van der Waals surface area contributed by atoms with Crippen LogP contribution in [0.15, 0.2) is 30.3 Å². The molecule has 0 saturated carbocycles. The minimum Gasteiger partial charge on any atom is -0.481 e. The van der Waals surface area contributed by atoms with Crippen LogP contribution >= 0.6 is 0 Å². The van der Waals surface area contributed by atoms with Crippen molar-refractivity contribution in [1.82, 2.24) is 4.90 Å². The Balaban J connectivity index is 2.17. The number of carbonyl (C=O) groups is 1. The molecule has 2 rings (SSSR count). The average Bonchev–Trinajstić information content (AvgIpc) is 2.42. The van der Waals surface area contributed by atoms with Gasteiger partial charge in [0, 0.05) is 19.6 Å². The Morgan fingerprint density at radius 3 is 2.30 bits per heavy atom. The van der Waals surface area contributed by atoms with Gasteiger partial charge in [-0.15, -0.1) is 0 Å². The highest BCUT2D eigenvalue weighted by molar-refractivity contribution is 7.91. The topological polar surface area (TPSA) is 74.7 Å². The summed E-state index contributed by atoms with van der Waals surface area (Å²) < 4.78 is 22.8. The molecule has 1 atom stereocenters. The lowest BCUT2D eigenvalue weighted by Crippen LogP contribution is -2.49. The Morgan fingerprint density at radius 1 is 1.25 bits per heavy atom. The molecule has 1 aromatic rings. The molecule has 0 radical (unpaired) electrons. The summed E-state index contributed by atoms with van der Waals surface area (Å²) in [6.45, 7) is 2.81. The van der Waals surface area contributed by atoms with Gasteiger partial charge < -0.3 is 5.11 Å². The number of aliphatic carboxylic acids is 1. The van der Waals surface area contributed by atoms with E-state index in [0.717, 1.165) is 5.56 Å². The highest BCUT2D eigenvalue weighted by Crippen LogP contribution is 2.26. The minimum atomic E-state index is -2.95. The van der Waals surface area contributed by atoms with Crippen molar-refractivity contribution in [3.63, 3.8) is 0 Å². The second-order valence-corrected chi connectivity index (χ2v) is 7.73. The van der Waals surface area contributed by atoms with Crippen LogP contribution in [0.1, 0.15) is 12.5 Å². The SMILES string of the molecule is CC(CN1CCS(=O)(=O)CC1)(C(=O)O)c1ccccc1. The van der Waals surface area contributed by atoms with Gasteiger partial charge in [0.1, 0.15) is 5.41 Å². The third-order valence-corrected chi connectivity index (χ3v) is 5.47. The molecule has 0 aliphatic carbocycles. The average molecular weight is 297 g/mol. The molecular formula is C14H19NO4S. The van der Waals surface area contributed by atoms with Gasteiger partial charge in [0.05, 0.1) is 11.5 Å². The molecule has 0 amide bonds. The molecule has 1 unspecified atom stereocenters. The van der Waals surface area contributed by atoms with E-state index >= 15 is 0 Å². The zero-order valence-electron chi connectivity index (χ0n) is 11.4. The standard InChI is InChI=1S/C14H19NO4S/c1-14(13(16)17,12-5-3-2-4-6-12)11-15-7-9-20(18,19)10-8-15/h2-6H,7-11H2,1H3,(H,16,17). The van der Waals surface area contributed by atoms with E-state index in [-0.39, 0.29) is 11.5 Å². The summed E-state index contributed by atoms with van der Waals surface area (Å²) >= 11 is 0. The van der Waals surface area contributed by atoms with Gasteiger partial charge in [-0.1, -0.05) is 30.3 Å². The van der Waals surface area contributed by atoms with Gasteiger partial charge in [-0.3, -0.25) is 9.69 Å². The van der Waals surface area contributed by atoms with Gasteiger partial charge >= 0.3 is 5.97 Å². The van der Waals surface area contributed by atoms with E-state index in [1.807, 2.05) is 23.1 Å². The van der Waals surface area contributed by atoms with Crippen LogP contribution in [0.25, 0.3) is 0 Å². The van der Waals surface area contributed by atoms with Crippen LogP contribution in [0.5, 0.6) is 0 Å². The van der Waals surface area contributed by atoms with Gasteiger partial charge in [0.2, 0.25) is 0 Å². The van der Waals surface area contributed by atoms with Crippen molar-refractivity contribution in [3.05, 3.63) is 35.9 Å². The lowest BCUT2D eigenvalue weighted by Gasteiger charge is -2.34. The fourth-order valence-electron chi connectivity index (χ4n) is 2.44. The first kappa shape index (κ1) is 15.0. The summed E-state index contributed by atoms with van der Waals surface area (Å²) in [5.41, 5.74) is -0.288. The maximum atomic E-state index is 11.7. The lowest BCUT2D eigenvalue weighted by molar-refractivity contribution is -0.144. The summed E-state index contributed by atoms with van der Waals surface area (Å²) in [5, 5.41) is 9.57. The number of rotatable bonds is 4. The van der Waals surface area contributed by atoms with E-state index in [0.29, 0.717) is 19.6 Å². The van der Waals surface area contributed by atoms with E-state index in [4.69, 9.17) is 0 Å². The van der Waals surface area contributed by atoms with Crippen LogP contribution in [0.3, 0.4) is 0 Å². The first-order chi connectivity index (χ1) is 9.33. The summed E-state index contributed by atoms with van der Waals surface area (Å²) in [7, 11) is -2.95. The van der Waals surface area contributed by atoms with Crippen LogP contribution in [0, 0.1) is 0 Å². The number of nitrogens with zero attached hydrogens (tertiary/aromatic N) is 1. The van der Waals surface area contributed by atoms with Crippen LogP contribution < -0.4 is 0 Å². The Morgan fingerprint density at radius 2 is 1.80 bits per heavy atom. The largest absolute Gasteiger partial charge is 0.481 e. The number of hydrogen-bond donors (Lipinski definition) is 1.